The molecule has 2 heterocycles. The Morgan fingerprint density at radius 1 is 1.30 bits per heavy atom. The average Bonchev–Trinajstić information content (AvgIpc) is 2.92. The number of benzene rings is 1. The maximum atomic E-state index is 9.60. The van der Waals surface area contributed by atoms with Gasteiger partial charge >= 0.3 is 0 Å². The first-order valence-corrected chi connectivity index (χ1v) is 7.63. The maximum absolute atomic E-state index is 9.60. The van der Waals surface area contributed by atoms with Crippen LogP contribution in [0.25, 0.3) is 15.5 Å². The lowest BCUT2D eigenvalue weighted by molar-refractivity contribution is 0.395. The molecular weight excluding hydrogens is 296 g/mol. The quantitative estimate of drug-likeness (QED) is 0.787. The number of phenols is 1. The fourth-order valence-corrected chi connectivity index (χ4v) is 3.48. The summed E-state index contributed by atoms with van der Waals surface area (Å²) in [6, 6.07) is 4.85. The van der Waals surface area contributed by atoms with Crippen LogP contribution in [0.15, 0.2) is 18.2 Å². The number of phenolic OH excluding ortho intramolecular Hbond substituents is 1. The third kappa shape index (κ3) is 1.79. The van der Waals surface area contributed by atoms with Gasteiger partial charge in [0.15, 0.2) is 5.82 Å². The highest BCUT2D eigenvalue weighted by Crippen LogP contribution is 2.38. The van der Waals surface area contributed by atoms with Crippen LogP contribution in [0.5, 0.6) is 5.75 Å². The Bertz CT molecular complexity index is 793. The molecule has 7 heteroatoms. The summed E-state index contributed by atoms with van der Waals surface area (Å²) in [6.07, 6.45) is 3.55. The lowest BCUT2D eigenvalue weighted by atomic mass is 9.85. The summed E-state index contributed by atoms with van der Waals surface area (Å²) in [7, 11) is 0. The van der Waals surface area contributed by atoms with Crippen LogP contribution in [0.3, 0.4) is 0 Å². The first kappa shape index (κ1) is 12.1. The predicted molar refractivity (Wildman–Crippen MR) is 77.4 cm³/mol. The minimum Gasteiger partial charge on any atom is -0.508 e. The van der Waals surface area contributed by atoms with E-state index >= 15 is 0 Å². The first-order chi connectivity index (χ1) is 9.72. The van der Waals surface area contributed by atoms with Crippen LogP contribution in [0.1, 0.15) is 31.0 Å². The minimum atomic E-state index is 0.176. The van der Waals surface area contributed by atoms with Crippen molar-refractivity contribution in [2.24, 2.45) is 0 Å². The van der Waals surface area contributed by atoms with E-state index < -0.39 is 0 Å². The van der Waals surface area contributed by atoms with E-state index in [1.54, 1.807) is 18.2 Å². The lowest BCUT2D eigenvalue weighted by Gasteiger charge is -2.22. The largest absolute Gasteiger partial charge is 0.508 e. The maximum Gasteiger partial charge on any atom is 0.234 e. The van der Waals surface area contributed by atoms with E-state index in [-0.39, 0.29) is 5.75 Å². The smallest absolute Gasteiger partial charge is 0.234 e. The van der Waals surface area contributed by atoms with Crippen molar-refractivity contribution in [2.75, 3.05) is 0 Å². The normalized spacial score (nSPS) is 15.7. The molecule has 1 saturated carbocycles. The minimum absolute atomic E-state index is 0.176. The van der Waals surface area contributed by atoms with Crippen molar-refractivity contribution in [3.05, 3.63) is 29.0 Å². The number of halogens is 1. The van der Waals surface area contributed by atoms with Crippen LogP contribution in [-0.4, -0.2) is 24.9 Å². The van der Waals surface area contributed by atoms with Crippen molar-refractivity contribution in [2.45, 2.75) is 25.2 Å². The second kappa shape index (κ2) is 4.43. The zero-order chi connectivity index (χ0) is 13.7. The first-order valence-electron chi connectivity index (χ1n) is 6.43. The van der Waals surface area contributed by atoms with Gasteiger partial charge in [0.25, 0.3) is 0 Å². The molecule has 4 rings (SSSR count). The van der Waals surface area contributed by atoms with E-state index in [1.807, 2.05) is 4.52 Å². The molecule has 0 amide bonds. The van der Waals surface area contributed by atoms with Crippen LogP contribution in [0.4, 0.5) is 0 Å². The molecule has 2 aromatic heterocycles. The van der Waals surface area contributed by atoms with Crippen LogP contribution < -0.4 is 0 Å². The highest BCUT2D eigenvalue weighted by Gasteiger charge is 2.26. The van der Waals surface area contributed by atoms with Gasteiger partial charge in [-0.15, -0.1) is 10.2 Å². The fraction of sp³-hybridized carbons (Fsp3) is 0.308. The van der Waals surface area contributed by atoms with Gasteiger partial charge in [0.05, 0.1) is 5.02 Å². The van der Waals surface area contributed by atoms with E-state index in [0.717, 1.165) is 34.2 Å². The summed E-state index contributed by atoms with van der Waals surface area (Å²) in [5, 5.41) is 23.9. The van der Waals surface area contributed by atoms with Gasteiger partial charge in [-0.1, -0.05) is 29.4 Å². The standard InChI is InChI=1S/C13H11ClN4OS/c14-10-5-4-8(19)6-9(10)12-17-18-11(7-2-1-3-7)15-16-13(18)20-12/h4-7,19H,1-3H2. The predicted octanol–water partition coefficient (Wildman–Crippen LogP) is 3.48. The van der Waals surface area contributed by atoms with Crippen molar-refractivity contribution in [3.8, 4) is 16.3 Å². The third-order valence-electron chi connectivity index (χ3n) is 3.67. The summed E-state index contributed by atoms with van der Waals surface area (Å²) < 4.78 is 1.81. The molecule has 0 spiro atoms. The molecule has 0 bridgehead atoms. The number of aromatic nitrogens is 4. The van der Waals surface area contributed by atoms with Crippen molar-refractivity contribution in [1.82, 2.24) is 19.8 Å². The molecule has 102 valence electrons. The number of fused-ring (bicyclic) bond motifs is 1. The Kier molecular flexibility index (Phi) is 2.68. The number of hydrogen-bond acceptors (Lipinski definition) is 5. The summed E-state index contributed by atoms with van der Waals surface area (Å²) in [6.45, 7) is 0. The molecular formula is C13H11ClN4OS. The van der Waals surface area contributed by atoms with Crippen molar-refractivity contribution in [3.63, 3.8) is 0 Å². The molecule has 0 radical (unpaired) electrons. The SMILES string of the molecule is Oc1ccc(Cl)c(-c2nn3c(C4CCC4)nnc3s2)c1. The van der Waals surface area contributed by atoms with Gasteiger partial charge in [-0.05, 0) is 31.0 Å². The van der Waals surface area contributed by atoms with Crippen LogP contribution in [-0.2, 0) is 0 Å². The van der Waals surface area contributed by atoms with Crippen molar-refractivity contribution >= 4 is 27.9 Å². The monoisotopic (exact) mass is 306 g/mol. The third-order valence-corrected chi connectivity index (χ3v) is 4.93. The van der Waals surface area contributed by atoms with Gasteiger partial charge < -0.3 is 5.11 Å². The van der Waals surface area contributed by atoms with Crippen LogP contribution in [0.2, 0.25) is 5.02 Å². The Morgan fingerprint density at radius 3 is 2.90 bits per heavy atom. The van der Waals surface area contributed by atoms with Crippen LogP contribution >= 0.6 is 22.9 Å². The number of aromatic hydroxyl groups is 1. The second-order valence-corrected chi connectivity index (χ2v) is 6.31. The molecule has 1 aliphatic rings. The van der Waals surface area contributed by atoms with Crippen LogP contribution in [0, 0.1) is 0 Å². The Balaban J connectivity index is 1.84. The zero-order valence-electron chi connectivity index (χ0n) is 10.5. The lowest BCUT2D eigenvalue weighted by Crippen LogP contribution is -2.12. The van der Waals surface area contributed by atoms with E-state index in [9.17, 15) is 5.11 Å². The average molecular weight is 307 g/mol. The van der Waals surface area contributed by atoms with E-state index in [1.165, 1.54) is 17.8 Å². The fourth-order valence-electron chi connectivity index (χ4n) is 2.34. The number of rotatable bonds is 2. The molecule has 1 aromatic carbocycles. The Labute approximate surface area is 123 Å². The molecule has 1 aliphatic carbocycles. The molecule has 5 nitrogen and oxygen atoms in total. The van der Waals surface area contributed by atoms with Crippen molar-refractivity contribution < 1.29 is 5.11 Å². The van der Waals surface area contributed by atoms with Gasteiger partial charge in [0.1, 0.15) is 10.8 Å². The van der Waals surface area contributed by atoms with E-state index in [0.29, 0.717) is 10.9 Å². The second-order valence-electron chi connectivity index (χ2n) is 4.95. The van der Waals surface area contributed by atoms with Gasteiger partial charge in [-0.2, -0.15) is 9.61 Å². The van der Waals surface area contributed by atoms with E-state index in [2.05, 4.69) is 15.3 Å². The zero-order valence-corrected chi connectivity index (χ0v) is 12.0. The number of nitrogens with zero attached hydrogens (tertiary/aromatic N) is 4. The molecule has 0 saturated heterocycles. The van der Waals surface area contributed by atoms with Gasteiger partial charge in [-0.25, -0.2) is 0 Å². The topological polar surface area (TPSA) is 63.3 Å². The molecule has 1 fully saturated rings. The summed E-state index contributed by atoms with van der Waals surface area (Å²) >= 11 is 7.61. The highest BCUT2D eigenvalue weighted by molar-refractivity contribution is 7.19. The van der Waals surface area contributed by atoms with Crippen molar-refractivity contribution in [1.29, 1.82) is 0 Å². The molecule has 0 unspecified atom stereocenters. The van der Waals surface area contributed by atoms with Gasteiger partial charge in [0.2, 0.25) is 4.96 Å². The molecule has 0 aliphatic heterocycles. The Hall–Kier alpha value is -1.66. The molecule has 3 aromatic rings. The highest BCUT2D eigenvalue weighted by atomic mass is 35.5. The Morgan fingerprint density at radius 2 is 2.15 bits per heavy atom. The molecule has 0 atom stereocenters. The summed E-state index contributed by atoms with van der Waals surface area (Å²) in [5.74, 6) is 1.58. The summed E-state index contributed by atoms with van der Waals surface area (Å²) in [4.78, 5) is 0.765. The molecule has 20 heavy (non-hydrogen) atoms. The number of hydrogen-bond donors (Lipinski definition) is 1. The van der Waals surface area contributed by atoms with E-state index in [4.69, 9.17) is 11.6 Å². The summed E-state index contributed by atoms with van der Waals surface area (Å²) in [5.41, 5.74) is 0.724. The molecule has 1 N–H and O–H groups in total. The van der Waals surface area contributed by atoms with Gasteiger partial charge in [0, 0.05) is 11.5 Å². The van der Waals surface area contributed by atoms with Gasteiger partial charge in [-0.3, -0.25) is 0 Å².